The van der Waals surface area contributed by atoms with Crippen molar-refractivity contribution in [2.75, 3.05) is 39.9 Å². The fourth-order valence-corrected chi connectivity index (χ4v) is 4.49. The first-order chi connectivity index (χ1) is 15.0. The van der Waals surface area contributed by atoms with Gasteiger partial charge in [-0.15, -0.1) is 0 Å². The lowest BCUT2D eigenvalue weighted by Gasteiger charge is -2.34. The zero-order valence-corrected chi connectivity index (χ0v) is 18.6. The fourth-order valence-electron chi connectivity index (χ4n) is 4.49. The molecule has 2 unspecified atom stereocenters. The number of aliphatic imine (C=N–C) groups is 1. The van der Waals surface area contributed by atoms with Crippen molar-refractivity contribution in [2.24, 2.45) is 22.7 Å². The van der Waals surface area contributed by atoms with E-state index in [1.165, 1.54) is 5.56 Å². The summed E-state index contributed by atoms with van der Waals surface area (Å²) in [4.78, 5) is 18.3. The molecule has 0 radical (unpaired) electrons. The summed E-state index contributed by atoms with van der Waals surface area (Å²) in [6.07, 6.45) is 2.75. The molecule has 0 saturated carbocycles. The predicted octanol–water partition coefficient (Wildman–Crippen LogP) is 2.60. The number of benzene rings is 1. The van der Waals surface area contributed by atoms with Gasteiger partial charge in [-0.3, -0.25) is 20.3 Å². The van der Waals surface area contributed by atoms with Crippen LogP contribution in [0.2, 0.25) is 0 Å². The van der Waals surface area contributed by atoms with Crippen molar-refractivity contribution in [3.63, 3.8) is 0 Å². The smallest absolute Gasteiger partial charge is 0.141 e. The topological polar surface area (TPSA) is 81.0 Å². The van der Waals surface area contributed by atoms with Crippen LogP contribution in [0.4, 0.5) is 0 Å². The summed E-state index contributed by atoms with van der Waals surface area (Å²) in [6, 6.07) is 9.94. The summed E-state index contributed by atoms with van der Waals surface area (Å²) in [5.74, 6) is 1.89. The molecule has 2 atom stereocenters. The number of hydrogen-bond donors (Lipinski definition) is 1. The summed E-state index contributed by atoms with van der Waals surface area (Å²) < 4.78 is 5.47. The molecule has 31 heavy (non-hydrogen) atoms. The number of rotatable bonds is 8. The average Bonchev–Trinajstić information content (AvgIpc) is 3.16. The van der Waals surface area contributed by atoms with E-state index in [-0.39, 0.29) is 12.5 Å². The number of carbonyl (C=O) groups is 1. The number of allylic oxidation sites excluding steroid dienone is 1. The first kappa shape index (κ1) is 23.0. The van der Waals surface area contributed by atoms with Crippen LogP contribution in [0, 0.1) is 29.1 Å². The molecule has 166 valence electrons. The first-order valence-corrected chi connectivity index (χ1v) is 11.0. The van der Waals surface area contributed by atoms with Gasteiger partial charge in [0.15, 0.2) is 0 Å². The van der Waals surface area contributed by atoms with Gasteiger partial charge in [0.1, 0.15) is 12.1 Å². The minimum atomic E-state index is 0.241. The number of hydrogen-bond acceptors (Lipinski definition) is 6. The zero-order chi connectivity index (χ0) is 22.2. The molecule has 0 spiro atoms. The van der Waals surface area contributed by atoms with Gasteiger partial charge in [0, 0.05) is 57.4 Å². The molecule has 1 N–H and O–H groups in total. The molecule has 2 heterocycles. The van der Waals surface area contributed by atoms with Crippen LogP contribution in [-0.4, -0.2) is 61.9 Å². The second kappa shape index (κ2) is 11.1. The summed E-state index contributed by atoms with van der Waals surface area (Å²) in [6.45, 7) is 10.9. The Labute approximate surface area is 185 Å². The van der Waals surface area contributed by atoms with Gasteiger partial charge in [-0.2, -0.15) is 5.26 Å². The lowest BCUT2D eigenvalue weighted by Crippen LogP contribution is -2.48. The van der Waals surface area contributed by atoms with Crippen LogP contribution >= 0.6 is 0 Å². The number of nitrogens with zero attached hydrogens (tertiary/aromatic N) is 4. The molecule has 0 amide bonds. The van der Waals surface area contributed by atoms with E-state index >= 15 is 0 Å². The molecular weight excluding hydrogens is 390 g/mol. The Kier molecular flexibility index (Phi) is 8.21. The Morgan fingerprint density at radius 3 is 2.68 bits per heavy atom. The maximum Gasteiger partial charge on any atom is 0.141 e. The maximum absolute atomic E-state index is 11.3. The standard InChI is InChI=1S/C24H33N5O2/c1-18-15-28(16-21-6-4-20(14-25)5-7-21)17-23(18)24(26-3)27-29(10-11-30)19(2)22-8-12-31-13-9-22/h4-7,11,18,22-23H,2,8-10,12-13,15-17H2,1,3H3,(H,26,27). The van der Waals surface area contributed by atoms with Crippen LogP contribution in [0.3, 0.4) is 0 Å². The number of amidine groups is 1. The van der Waals surface area contributed by atoms with E-state index in [0.29, 0.717) is 17.4 Å². The molecule has 0 aromatic heterocycles. The van der Waals surface area contributed by atoms with E-state index in [1.807, 2.05) is 29.3 Å². The monoisotopic (exact) mass is 423 g/mol. The number of likely N-dealkylation sites (tertiary alicyclic amines) is 1. The van der Waals surface area contributed by atoms with Crippen LogP contribution in [0.1, 0.15) is 30.9 Å². The van der Waals surface area contributed by atoms with E-state index < -0.39 is 0 Å². The van der Waals surface area contributed by atoms with Crippen LogP contribution < -0.4 is 5.43 Å². The molecule has 1 aromatic rings. The number of nitrogens with one attached hydrogen (secondary N) is 1. The zero-order valence-electron chi connectivity index (χ0n) is 18.6. The highest BCUT2D eigenvalue weighted by molar-refractivity contribution is 5.85. The molecule has 2 saturated heterocycles. The van der Waals surface area contributed by atoms with E-state index in [2.05, 4.69) is 34.9 Å². The van der Waals surface area contributed by atoms with Crippen molar-refractivity contribution in [1.29, 1.82) is 5.26 Å². The fraction of sp³-hybridized carbons (Fsp3) is 0.542. The first-order valence-electron chi connectivity index (χ1n) is 11.0. The number of nitriles is 1. The Hall–Kier alpha value is -2.69. The third kappa shape index (κ3) is 5.93. The number of carbonyl (C=O) groups excluding carboxylic acids is 1. The van der Waals surface area contributed by atoms with E-state index in [4.69, 9.17) is 10.00 Å². The lowest BCUT2D eigenvalue weighted by atomic mass is 9.96. The van der Waals surface area contributed by atoms with Crippen LogP contribution in [-0.2, 0) is 16.1 Å². The highest BCUT2D eigenvalue weighted by atomic mass is 16.5. The Morgan fingerprint density at radius 2 is 2.06 bits per heavy atom. The van der Waals surface area contributed by atoms with Gasteiger partial charge in [0.2, 0.25) is 0 Å². The van der Waals surface area contributed by atoms with Crippen molar-refractivity contribution in [1.82, 2.24) is 15.3 Å². The van der Waals surface area contributed by atoms with Gasteiger partial charge in [0.25, 0.3) is 0 Å². The molecule has 0 aliphatic carbocycles. The molecule has 3 rings (SSSR count). The summed E-state index contributed by atoms with van der Waals surface area (Å²) >= 11 is 0. The van der Waals surface area contributed by atoms with Gasteiger partial charge in [0.05, 0.1) is 18.2 Å². The lowest BCUT2D eigenvalue weighted by molar-refractivity contribution is -0.108. The second-order valence-electron chi connectivity index (χ2n) is 8.46. The van der Waals surface area contributed by atoms with Crippen LogP contribution in [0.15, 0.2) is 41.5 Å². The summed E-state index contributed by atoms with van der Waals surface area (Å²) in [7, 11) is 1.80. The third-order valence-corrected chi connectivity index (χ3v) is 6.32. The highest BCUT2D eigenvalue weighted by Gasteiger charge is 2.34. The van der Waals surface area contributed by atoms with Crippen molar-refractivity contribution >= 4 is 12.1 Å². The Bertz CT molecular complexity index is 823. The molecule has 0 bridgehead atoms. The van der Waals surface area contributed by atoms with Gasteiger partial charge in [-0.1, -0.05) is 25.6 Å². The summed E-state index contributed by atoms with van der Waals surface area (Å²) in [5, 5.41) is 10.8. The highest BCUT2D eigenvalue weighted by Crippen LogP contribution is 2.27. The maximum atomic E-state index is 11.3. The average molecular weight is 424 g/mol. The van der Waals surface area contributed by atoms with Crippen molar-refractivity contribution < 1.29 is 9.53 Å². The van der Waals surface area contributed by atoms with Crippen molar-refractivity contribution in [3.05, 3.63) is 47.7 Å². The number of hydrazine groups is 1. The molecule has 7 heteroatoms. The summed E-state index contributed by atoms with van der Waals surface area (Å²) in [5.41, 5.74) is 6.23. The molecule has 7 nitrogen and oxygen atoms in total. The predicted molar refractivity (Wildman–Crippen MR) is 121 cm³/mol. The van der Waals surface area contributed by atoms with Gasteiger partial charge in [-0.25, -0.2) is 0 Å². The normalized spacial score (nSPS) is 22.7. The quantitative estimate of drug-likeness (QED) is 0.300. The minimum absolute atomic E-state index is 0.241. The van der Waals surface area contributed by atoms with E-state index in [9.17, 15) is 4.79 Å². The minimum Gasteiger partial charge on any atom is -0.381 e. The van der Waals surface area contributed by atoms with Gasteiger partial charge in [-0.05, 0) is 36.5 Å². The largest absolute Gasteiger partial charge is 0.381 e. The molecule has 1 aromatic carbocycles. The number of aldehydes is 1. The van der Waals surface area contributed by atoms with Crippen LogP contribution in [0.5, 0.6) is 0 Å². The van der Waals surface area contributed by atoms with E-state index in [1.54, 1.807) is 7.05 Å². The Balaban J connectivity index is 1.63. The van der Waals surface area contributed by atoms with Gasteiger partial charge >= 0.3 is 0 Å². The van der Waals surface area contributed by atoms with Gasteiger partial charge < -0.3 is 9.53 Å². The molecular formula is C24H33N5O2. The van der Waals surface area contributed by atoms with Crippen molar-refractivity contribution in [3.8, 4) is 6.07 Å². The second-order valence-corrected chi connectivity index (χ2v) is 8.46. The number of ether oxygens (including phenoxy) is 1. The Morgan fingerprint density at radius 1 is 1.35 bits per heavy atom. The SMILES string of the molecule is C=C(C1CCOCC1)N(CC=O)NC(=NC)C1CN(Cc2ccc(C#N)cc2)CC1C. The molecule has 2 aliphatic rings. The molecule has 2 fully saturated rings. The van der Waals surface area contributed by atoms with E-state index in [0.717, 1.165) is 63.5 Å². The molecule has 2 aliphatic heterocycles. The van der Waals surface area contributed by atoms with Crippen molar-refractivity contribution in [2.45, 2.75) is 26.3 Å². The third-order valence-electron chi connectivity index (χ3n) is 6.32. The van der Waals surface area contributed by atoms with Crippen LogP contribution in [0.25, 0.3) is 0 Å².